The Morgan fingerprint density at radius 3 is 1.44 bits per heavy atom. The molecule has 288 valence electrons. The number of hydrogen-bond donors (Lipinski definition) is 0. The van der Waals surface area contributed by atoms with Gasteiger partial charge in [-0.3, -0.25) is 0 Å². The smallest absolute Gasteiger partial charge is 0.164 e. The van der Waals surface area contributed by atoms with Crippen LogP contribution in [0.2, 0.25) is 0 Å². The fourth-order valence-electron chi connectivity index (χ4n) is 10.3. The summed E-state index contributed by atoms with van der Waals surface area (Å²) in [4.78, 5) is 15.4. The van der Waals surface area contributed by atoms with E-state index in [0.717, 1.165) is 60.9 Å². The highest BCUT2D eigenvalue weighted by Gasteiger charge is 2.51. The van der Waals surface area contributed by atoms with E-state index in [2.05, 4.69) is 176 Å². The van der Waals surface area contributed by atoms with E-state index in [-0.39, 0.29) is 5.41 Å². The average Bonchev–Trinajstić information content (AvgIpc) is 3.98. The zero-order chi connectivity index (χ0) is 40.8. The number of benzene rings is 9. The molecule has 13 rings (SSSR count). The van der Waals surface area contributed by atoms with Gasteiger partial charge in [0.2, 0.25) is 0 Å². The maximum atomic E-state index is 6.25. The summed E-state index contributed by atoms with van der Waals surface area (Å²) in [6.45, 7) is 0. The summed E-state index contributed by atoms with van der Waals surface area (Å²) >= 11 is 0. The van der Waals surface area contributed by atoms with E-state index in [4.69, 9.17) is 19.4 Å². The van der Waals surface area contributed by atoms with Gasteiger partial charge in [0, 0.05) is 27.5 Å². The summed E-state index contributed by atoms with van der Waals surface area (Å²) in [5.74, 6) is 1.86. The number of para-hydroxylation sites is 1. The molecular weight excluding hydrogens is 755 g/mol. The highest BCUT2D eigenvalue weighted by molar-refractivity contribution is 6.12. The largest absolute Gasteiger partial charge is 0.456 e. The quantitative estimate of drug-likeness (QED) is 0.174. The van der Waals surface area contributed by atoms with Crippen LogP contribution in [-0.4, -0.2) is 15.0 Å². The van der Waals surface area contributed by atoms with Crippen LogP contribution in [0, 0.1) is 0 Å². The third-order valence-electron chi connectivity index (χ3n) is 13.0. The maximum absolute atomic E-state index is 6.25. The van der Waals surface area contributed by atoms with Crippen LogP contribution in [0.25, 0.3) is 101 Å². The molecule has 0 aliphatic heterocycles. The third-order valence-corrected chi connectivity index (χ3v) is 13.0. The molecule has 11 aromatic rings. The van der Waals surface area contributed by atoms with Gasteiger partial charge in [-0.05, 0) is 97.1 Å². The van der Waals surface area contributed by atoms with Gasteiger partial charge in [-0.2, -0.15) is 0 Å². The predicted molar refractivity (Wildman–Crippen MR) is 251 cm³/mol. The second-order valence-corrected chi connectivity index (χ2v) is 16.3. The van der Waals surface area contributed by atoms with E-state index in [1.54, 1.807) is 0 Å². The second-order valence-electron chi connectivity index (χ2n) is 16.3. The molecule has 0 radical (unpaired) electrons. The lowest BCUT2D eigenvalue weighted by molar-refractivity contribution is 0.669. The molecule has 2 aliphatic rings. The van der Waals surface area contributed by atoms with Gasteiger partial charge >= 0.3 is 0 Å². The lowest BCUT2D eigenvalue weighted by Gasteiger charge is -2.30. The Morgan fingerprint density at radius 2 is 0.742 bits per heavy atom. The van der Waals surface area contributed by atoms with E-state index in [1.165, 1.54) is 44.5 Å². The van der Waals surface area contributed by atoms with Crippen molar-refractivity contribution < 1.29 is 4.42 Å². The standard InChI is InChI=1S/C58H35N3O/c1-2-15-36(16-3-1)55-59-56(61-57(60-55)41-20-13-18-39(34-41)42-25-14-30-53-54(42)46-24-7-11-29-52(46)62-53)40-19-12-17-37(33-40)38-31-32-51-47(35-38)45-23-6-10-28-50(45)58(51)48-26-8-4-21-43(48)44-22-5-9-27-49(44)58/h1-35H. The van der Waals surface area contributed by atoms with Gasteiger partial charge in [-0.15, -0.1) is 0 Å². The van der Waals surface area contributed by atoms with Gasteiger partial charge in [-0.1, -0.05) is 182 Å². The summed E-state index contributed by atoms with van der Waals surface area (Å²) in [6, 6.07) is 75.6. The topological polar surface area (TPSA) is 51.8 Å². The molecule has 0 saturated heterocycles. The first-order chi connectivity index (χ1) is 30.7. The molecule has 2 aromatic heterocycles. The molecular formula is C58H35N3O. The van der Waals surface area contributed by atoms with E-state index >= 15 is 0 Å². The van der Waals surface area contributed by atoms with Crippen molar-refractivity contribution in [1.82, 2.24) is 15.0 Å². The van der Waals surface area contributed by atoms with Crippen molar-refractivity contribution in [2.45, 2.75) is 5.41 Å². The monoisotopic (exact) mass is 789 g/mol. The van der Waals surface area contributed by atoms with E-state index in [9.17, 15) is 0 Å². The van der Waals surface area contributed by atoms with E-state index in [1.807, 2.05) is 36.4 Å². The lowest BCUT2D eigenvalue weighted by Crippen LogP contribution is -2.25. The number of fused-ring (bicyclic) bond motifs is 13. The van der Waals surface area contributed by atoms with Crippen molar-refractivity contribution in [3.8, 4) is 78.7 Å². The molecule has 4 heteroatoms. The first kappa shape index (κ1) is 34.6. The minimum atomic E-state index is -0.370. The summed E-state index contributed by atoms with van der Waals surface area (Å²) in [5, 5.41) is 2.19. The molecule has 2 aliphatic carbocycles. The summed E-state index contributed by atoms with van der Waals surface area (Å²) < 4.78 is 6.25. The molecule has 2 heterocycles. The van der Waals surface area contributed by atoms with Gasteiger partial charge in [0.05, 0.1) is 5.41 Å². The highest BCUT2D eigenvalue weighted by atomic mass is 16.3. The molecule has 0 amide bonds. The Hall–Kier alpha value is -8.21. The molecule has 0 N–H and O–H groups in total. The van der Waals surface area contributed by atoms with E-state index in [0.29, 0.717) is 17.5 Å². The van der Waals surface area contributed by atoms with Gasteiger partial charge in [0.15, 0.2) is 17.5 Å². The Labute approximate surface area is 358 Å². The van der Waals surface area contributed by atoms with Crippen LogP contribution in [-0.2, 0) is 5.41 Å². The van der Waals surface area contributed by atoms with Crippen LogP contribution in [0.15, 0.2) is 217 Å². The van der Waals surface area contributed by atoms with Gasteiger partial charge < -0.3 is 4.42 Å². The lowest BCUT2D eigenvalue weighted by atomic mass is 9.70. The first-order valence-electron chi connectivity index (χ1n) is 21.1. The third kappa shape index (κ3) is 5.04. The number of nitrogens with zero attached hydrogens (tertiary/aromatic N) is 3. The fourth-order valence-corrected chi connectivity index (χ4v) is 10.3. The zero-order valence-corrected chi connectivity index (χ0v) is 33.5. The molecule has 4 nitrogen and oxygen atoms in total. The van der Waals surface area contributed by atoms with Crippen LogP contribution in [0.4, 0.5) is 0 Å². The Morgan fingerprint density at radius 1 is 0.290 bits per heavy atom. The Balaban J connectivity index is 0.939. The van der Waals surface area contributed by atoms with Crippen molar-refractivity contribution in [3.63, 3.8) is 0 Å². The molecule has 0 bridgehead atoms. The number of rotatable bonds is 5. The van der Waals surface area contributed by atoms with Crippen molar-refractivity contribution in [1.29, 1.82) is 0 Å². The highest BCUT2D eigenvalue weighted by Crippen LogP contribution is 2.63. The predicted octanol–water partition coefficient (Wildman–Crippen LogP) is 14.4. The van der Waals surface area contributed by atoms with Crippen molar-refractivity contribution in [2.24, 2.45) is 0 Å². The van der Waals surface area contributed by atoms with Crippen molar-refractivity contribution >= 4 is 21.9 Å². The molecule has 1 spiro atoms. The van der Waals surface area contributed by atoms with Crippen molar-refractivity contribution in [3.05, 3.63) is 235 Å². The molecule has 0 fully saturated rings. The SMILES string of the molecule is c1ccc(-c2nc(-c3cccc(-c4ccc5c(c4)-c4ccccc4C54c5ccccc5-c5ccccc54)c3)nc(-c3cccc(-c4cccc5oc6ccccc6c45)c3)n2)cc1. The first-order valence-corrected chi connectivity index (χ1v) is 21.1. The second kappa shape index (κ2) is 13.4. The van der Waals surface area contributed by atoms with Gasteiger partial charge in [-0.25, -0.2) is 15.0 Å². The van der Waals surface area contributed by atoms with Crippen LogP contribution in [0.1, 0.15) is 22.3 Å². The van der Waals surface area contributed by atoms with Gasteiger partial charge in [0.25, 0.3) is 0 Å². The van der Waals surface area contributed by atoms with Gasteiger partial charge in [0.1, 0.15) is 11.2 Å². The number of hydrogen-bond acceptors (Lipinski definition) is 4. The molecule has 0 unspecified atom stereocenters. The average molecular weight is 790 g/mol. The Kier molecular flexibility index (Phi) is 7.49. The summed E-state index contributed by atoms with van der Waals surface area (Å²) in [7, 11) is 0. The van der Waals surface area contributed by atoms with E-state index < -0.39 is 0 Å². The summed E-state index contributed by atoms with van der Waals surface area (Å²) in [6.07, 6.45) is 0. The minimum absolute atomic E-state index is 0.370. The minimum Gasteiger partial charge on any atom is -0.456 e. The van der Waals surface area contributed by atoms with Crippen LogP contribution in [0.3, 0.4) is 0 Å². The molecule has 62 heavy (non-hydrogen) atoms. The van der Waals surface area contributed by atoms with Crippen LogP contribution >= 0.6 is 0 Å². The Bertz CT molecular complexity index is 3560. The fraction of sp³-hybridized carbons (Fsp3) is 0.0172. The molecule has 0 atom stereocenters. The molecule has 0 saturated carbocycles. The normalized spacial score (nSPS) is 13.0. The van der Waals surface area contributed by atoms with Crippen LogP contribution in [0.5, 0.6) is 0 Å². The van der Waals surface area contributed by atoms with Crippen molar-refractivity contribution in [2.75, 3.05) is 0 Å². The number of furan rings is 1. The number of aromatic nitrogens is 3. The summed E-state index contributed by atoms with van der Waals surface area (Å²) in [5.41, 5.74) is 19.1. The maximum Gasteiger partial charge on any atom is 0.164 e. The van der Waals surface area contributed by atoms with Crippen LogP contribution < -0.4 is 0 Å². The zero-order valence-electron chi connectivity index (χ0n) is 33.5. The molecule has 9 aromatic carbocycles.